The largest absolute Gasteiger partial charge is 0.497 e. The van der Waals surface area contributed by atoms with Crippen molar-refractivity contribution in [3.63, 3.8) is 0 Å². The van der Waals surface area contributed by atoms with Crippen molar-refractivity contribution in [3.8, 4) is 11.5 Å². The number of methoxy groups -OCH3 is 2. The van der Waals surface area contributed by atoms with Gasteiger partial charge in [0, 0.05) is 5.56 Å². The Morgan fingerprint density at radius 2 is 1.63 bits per heavy atom. The van der Waals surface area contributed by atoms with Crippen LogP contribution in [0.5, 0.6) is 11.5 Å². The van der Waals surface area contributed by atoms with Gasteiger partial charge in [0.1, 0.15) is 11.5 Å². The molecule has 1 saturated carbocycles. The second-order valence-corrected chi connectivity index (χ2v) is 7.31. The SMILES string of the molecule is COc1ccc(C2(C(=O)NC(C)c3ccccc3OC)CCCCC2)cc1. The fourth-order valence-corrected chi connectivity index (χ4v) is 4.15. The maximum atomic E-state index is 13.5. The second kappa shape index (κ2) is 8.47. The Morgan fingerprint density at radius 3 is 2.26 bits per heavy atom. The Balaban J connectivity index is 1.87. The number of para-hydroxylation sites is 1. The van der Waals surface area contributed by atoms with Gasteiger partial charge in [-0.1, -0.05) is 49.6 Å². The number of carbonyl (C=O) groups is 1. The molecule has 2 aromatic carbocycles. The minimum atomic E-state index is -0.471. The molecular formula is C23H29NO3. The number of benzene rings is 2. The molecule has 27 heavy (non-hydrogen) atoms. The summed E-state index contributed by atoms with van der Waals surface area (Å²) in [6.45, 7) is 2.01. The van der Waals surface area contributed by atoms with Crippen LogP contribution >= 0.6 is 0 Å². The zero-order valence-electron chi connectivity index (χ0n) is 16.5. The third-order valence-corrected chi connectivity index (χ3v) is 5.74. The molecule has 0 heterocycles. The Kier molecular flexibility index (Phi) is 6.04. The van der Waals surface area contributed by atoms with E-state index in [1.165, 1.54) is 6.42 Å². The molecule has 0 saturated heterocycles. The van der Waals surface area contributed by atoms with Gasteiger partial charge in [-0.2, -0.15) is 0 Å². The van der Waals surface area contributed by atoms with Crippen LogP contribution in [0.2, 0.25) is 0 Å². The molecule has 2 aromatic rings. The number of hydrogen-bond donors (Lipinski definition) is 1. The number of hydrogen-bond acceptors (Lipinski definition) is 3. The van der Waals surface area contributed by atoms with E-state index in [1.54, 1.807) is 14.2 Å². The van der Waals surface area contributed by atoms with Crippen molar-refractivity contribution < 1.29 is 14.3 Å². The van der Waals surface area contributed by atoms with Crippen molar-refractivity contribution in [3.05, 3.63) is 59.7 Å². The predicted molar refractivity (Wildman–Crippen MR) is 107 cm³/mol. The number of carbonyl (C=O) groups excluding carboxylic acids is 1. The number of amides is 1. The van der Waals surface area contributed by atoms with Gasteiger partial charge in [-0.05, 0) is 43.5 Å². The standard InChI is InChI=1S/C23H29NO3/c1-17(20-9-5-6-10-21(20)27-3)24-22(25)23(15-7-4-8-16-23)18-11-13-19(26-2)14-12-18/h5-6,9-14,17H,4,7-8,15-16H2,1-3H3,(H,24,25). The Bertz CT molecular complexity index is 763. The molecule has 0 bridgehead atoms. The van der Waals surface area contributed by atoms with Crippen molar-refractivity contribution in [1.82, 2.24) is 5.32 Å². The van der Waals surface area contributed by atoms with Gasteiger partial charge in [0.2, 0.25) is 5.91 Å². The van der Waals surface area contributed by atoms with Crippen molar-refractivity contribution in [2.45, 2.75) is 50.5 Å². The van der Waals surface area contributed by atoms with E-state index in [0.29, 0.717) is 0 Å². The minimum Gasteiger partial charge on any atom is -0.497 e. The molecule has 1 unspecified atom stereocenters. The van der Waals surface area contributed by atoms with E-state index in [-0.39, 0.29) is 11.9 Å². The highest BCUT2D eigenvalue weighted by atomic mass is 16.5. The second-order valence-electron chi connectivity index (χ2n) is 7.31. The van der Waals surface area contributed by atoms with E-state index in [2.05, 4.69) is 5.32 Å². The van der Waals surface area contributed by atoms with E-state index in [1.807, 2.05) is 55.5 Å². The van der Waals surface area contributed by atoms with Crippen LogP contribution in [0.3, 0.4) is 0 Å². The fourth-order valence-electron chi connectivity index (χ4n) is 4.15. The summed E-state index contributed by atoms with van der Waals surface area (Å²) in [5.74, 6) is 1.71. The lowest BCUT2D eigenvalue weighted by molar-refractivity contribution is -0.128. The van der Waals surface area contributed by atoms with E-state index in [4.69, 9.17) is 9.47 Å². The van der Waals surface area contributed by atoms with Crippen molar-refractivity contribution >= 4 is 5.91 Å². The molecule has 0 radical (unpaired) electrons. The molecule has 1 N–H and O–H groups in total. The van der Waals surface area contributed by atoms with Crippen LogP contribution < -0.4 is 14.8 Å². The maximum absolute atomic E-state index is 13.5. The molecule has 0 spiro atoms. The van der Waals surface area contributed by atoms with Crippen LogP contribution in [0.1, 0.15) is 56.2 Å². The molecule has 1 aliphatic carbocycles. The van der Waals surface area contributed by atoms with Gasteiger partial charge < -0.3 is 14.8 Å². The minimum absolute atomic E-state index is 0.103. The first-order valence-electron chi connectivity index (χ1n) is 9.69. The molecule has 144 valence electrons. The summed E-state index contributed by atoms with van der Waals surface area (Å²) >= 11 is 0. The number of rotatable bonds is 6. The van der Waals surface area contributed by atoms with Gasteiger partial charge >= 0.3 is 0 Å². The maximum Gasteiger partial charge on any atom is 0.231 e. The highest BCUT2D eigenvalue weighted by Crippen LogP contribution is 2.41. The molecule has 3 rings (SSSR count). The lowest BCUT2D eigenvalue weighted by atomic mass is 9.68. The van der Waals surface area contributed by atoms with Crippen molar-refractivity contribution in [1.29, 1.82) is 0 Å². The van der Waals surface area contributed by atoms with Gasteiger partial charge in [0.15, 0.2) is 0 Å². The first-order valence-corrected chi connectivity index (χ1v) is 9.69. The molecule has 1 fully saturated rings. The topological polar surface area (TPSA) is 47.6 Å². The van der Waals surface area contributed by atoms with E-state index in [0.717, 1.165) is 48.3 Å². The molecule has 1 atom stereocenters. The Morgan fingerprint density at radius 1 is 0.963 bits per heavy atom. The van der Waals surface area contributed by atoms with Gasteiger partial charge in [-0.3, -0.25) is 4.79 Å². The first kappa shape index (κ1) is 19.3. The average molecular weight is 367 g/mol. The number of nitrogens with one attached hydrogen (secondary N) is 1. The summed E-state index contributed by atoms with van der Waals surface area (Å²) in [5, 5.41) is 3.26. The van der Waals surface area contributed by atoms with Gasteiger partial charge in [-0.25, -0.2) is 0 Å². The van der Waals surface area contributed by atoms with E-state index >= 15 is 0 Å². The third kappa shape index (κ3) is 3.95. The highest BCUT2D eigenvalue weighted by molar-refractivity contribution is 5.88. The lowest BCUT2D eigenvalue weighted by Gasteiger charge is -2.37. The summed E-state index contributed by atoms with van der Waals surface area (Å²) in [7, 11) is 3.32. The summed E-state index contributed by atoms with van der Waals surface area (Å²) < 4.78 is 10.7. The summed E-state index contributed by atoms with van der Waals surface area (Å²) in [6, 6.07) is 15.7. The first-order chi connectivity index (χ1) is 13.1. The zero-order valence-corrected chi connectivity index (χ0v) is 16.5. The Hall–Kier alpha value is -2.49. The molecule has 1 amide bonds. The summed E-state index contributed by atoms with van der Waals surface area (Å²) in [5.41, 5.74) is 1.60. The van der Waals surface area contributed by atoms with Crippen LogP contribution in [-0.4, -0.2) is 20.1 Å². The quantitative estimate of drug-likeness (QED) is 0.799. The predicted octanol–water partition coefficient (Wildman–Crippen LogP) is 4.78. The van der Waals surface area contributed by atoms with E-state index in [9.17, 15) is 4.79 Å². The third-order valence-electron chi connectivity index (χ3n) is 5.74. The van der Waals surface area contributed by atoms with Gasteiger partial charge in [-0.15, -0.1) is 0 Å². The molecule has 4 heteroatoms. The molecule has 4 nitrogen and oxygen atoms in total. The average Bonchev–Trinajstić information content (AvgIpc) is 2.74. The molecule has 1 aliphatic rings. The monoisotopic (exact) mass is 367 g/mol. The molecule has 0 aromatic heterocycles. The zero-order chi connectivity index (χ0) is 19.3. The smallest absolute Gasteiger partial charge is 0.231 e. The van der Waals surface area contributed by atoms with Crippen molar-refractivity contribution in [2.24, 2.45) is 0 Å². The van der Waals surface area contributed by atoms with Crippen LogP contribution in [-0.2, 0) is 10.2 Å². The van der Waals surface area contributed by atoms with Crippen LogP contribution in [0, 0.1) is 0 Å². The Labute approximate surface area is 161 Å². The number of ether oxygens (including phenoxy) is 2. The van der Waals surface area contributed by atoms with Crippen LogP contribution in [0.25, 0.3) is 0 Å². The highest BCUT2D eigenvalue weighted by Gasteiger charge is 2.41. The van der Waals surface area contributed by atoms with Crippen LogP contribution in [0.4, 0.5) is 0 Å². The molecular weight excluding hydrogens is 338 g/mol. The lowest BCUT2D eigenvalue weighted by Crippen LogP contribution is -2.46. The normalized spacial score (nSPS) is 17.0. The van der Waals surface area contributed by atoms with Crippen LogP contribution in [0.15, 0.2) is 48.5 Å². The van der Waals surface area contributed by atoms with E-state index < -0.39 is 5.41 Å². The van der Waals surface area contributed by atoms with Gasteiger partial charge in [0.05, 0.1) is 25.7 Å². The summed E-state index contributed by atoms with van der Waals surface area (Å²) in [6.07, 6.45) is 5.09. The van der Waals surface area contributed by atoms with Crippen molar-refractivity contribution in [2.75, 3.05) is 14.2 Å². The van der Waals surface area contributed by atoms with Gasteiger partial charge in [0.25, 0.3) is 0 Å². The summed E-state index contributed by atoms with van der Waals surface area (Å²) in [4.78, 5) is 13.5. The molecule has 0 aliphatic heterocycles. The fraction of sp³-hybridized carbons (Fsp3) is 0.435.